The zero-order chi connectivity index (χ0) is 18.4. The maximum Gasteiger partial charge on any atom is 0.270 e. The molecule has 2 heterocycles. The lowest BCUT2D eigenvalue weighted by Gasteiger charge is -2.34. The fraction of sp³-hybridized carbons (Fsp3) is 0.316. The van der Waals surface area contributed by atoms with Gasteiger partial charge in [0.1, 0.15) is 0 Å². The molecule has 0 radical (unpaired) electrons. The van der Waals surface area contributed by atoms with Crippen LogP contribution in [0.15, 0.2) is 47.9 Å². The topological polar surface area (TPSA) is 66.7 Å². The van der Waals surface area contributed by atoms with Gasteiger partial charge in [0.25, 0.3) is 5.69 Å². The lowest BCUT2D eigenvalue weighted by molar-refractivity contribution is -0.384. The van der Waals surface area contributed by atoms with Gasteiger partial charge in [0.15, 0.2) is 0 Å². The SMILES string of the molecule is O=C(C=Cc1cccc([N+](=O)[O-])c1)N1CCN(CCc2cccs2)CC1. The third-order valence-corrected chi connectivity index (χ3v) is 5.37. The van der Waals surface area contributed by atoms with Crippen molar-refractivity contribution in [3.05, 3.63) is 68.4 Å². The van der Waals surface area contributed by atoms with Crippen LogP contribution in [-0.4, -0.2) is 53.4 Å². The average molecular weight is 371 g/mol. The van der Waals surface area contributed by atoms with Crippen molar-refractivity contribution in [2.24, 2.45) is 0 Å². The maximum absolute atomic E-state index is 12.3. The highest BCUT2D eigenvalue weighted by Gasteiger charge is 2.19. The quantitative estimate of drug-likeness (QED) is 0.445. The first-order valence-electron chi connectivity index (χ1n) is 8.58. The Morgan fingerprint density at radius 2 is 2.00 bits per heavy atom. The number of nitro benzene ring substituents is 1. The molecule has 3 rings (SSSR count). The fourth-order valence-corrected chi connectivity index (χ4v) is 3.63. The predicted molar refractivity (Wildman–Crippen MR) is 103 cm³/mol. The van der Waals surface area contributed by atoms with Crippen molar-refractivity contribution in [3.63, 3.8) is 0 Å². The summed E-state index contributed by atoms with van der Waals surface area (Å²) in [4.78, 5) is 28.3. The van der Waals surface area contributed by atoms with Gasteiger partial charge in [0.05, 0.1) is 4.92 Å². The van der Waals surface area contributed by atoms with Gasteiger partial charge in [0.2, 0.25) is 5.91 Å². The molecule has 1 aliphatic rings. The van der Waals surface area contributed by atoms with Crippen molar-refractivity contribution < 1.29 is 9.72 Å². The Morgan fingerprint density at radius 1 is 1.19 bits per heavy atom. The molecule has 1 aromatic carbocycles. The molecule has 0 aliphatic carbocycles. The standard InChI is InChI=1S/C19H21N3O3S/c23-19(7-6-16-3-1-4-17(15-16)22(24)25)21-12-10-20(11-13-21)9-8-18-5-2-14-26-18/h1-7,14-15H,8-13H2. The zero-order valence-electron chi connectivity index (χ0n) is 14.4. The van der Waals surface area contributed by atoms with E-state index in [2.05, 4.69) is 22.4 Å². The van der Waals surface area contributed by atoms with Gasteiger partial charge in [-0.2, -0.15) is 0 Å². The van der Waals surface area contributed by atoms with Crippen molar-refractivity contribution in [2.45, 2.75) is 6.42 Å². The number of benzene rings is 1. The van der Waals surface area contributed by atoms with E-state index >= 15 is 0 Å². The lowest BCUT2D eigenvalue weighted by Crippen LogP contribution is -2.48. The third-order valence-electron chi connectivity index (χ3n) is 4.44. The van der Waals surface area contributed by atoms with Crippen molar-refractivity contribution >= 4 is 29.0 Å². The van der Waals surface area contributed by atoms with E-state index in [1.807, 2.05) is 4.90 Å². The summed E-state index contributed by atoms with van der Waals surface area (Å²) in [7, 11) is 0. The van der Waals surface area contributed by atoms with E-state index in [-0.39, 0.29) is 11.6 Å². The Labute approximate surface area is 156 Å². The normalized spacial score (nSPS) is 15.5. The fourth-order valence-electron chi connectivity index (χ4n) is 2.93. The van der Waals surface area contributed by atoms with Crippen LogP contribution < -0.4 is 0 Å². The van der Waals surface area contributed by atoms with E-state index < -0.39 is 4.92 Å². The van der Waals surface area contributed by atoms with Crippen molar-refractivity contribution in [2.75, 3.05) is 32.7 Å². The Balaban J connectivity index is 1.47. The van der Waals surface area contributed by atoms with Crippen molar-refractivity contribution in [1.82, 2.24) is 9.80 Å². The van der Waals surface area contributed by atoms with Gasteiger partial charge in [-0.1, -0.05) is 18.2 Å². The second kappa shape index (κ2) is 8.73. The monoisotopic (exact) mass is 371 g/mol. The van der Waals surface area contributed by atoms with Crippen LogP contribution >= 0.6 is 11.3 Å². The minimum atomic E-state index is -0.436. The molecule has 1 aliphatic heterocycles. The molecule has 1 saturated heterocycles. The summed E-state index contributed by atoms with van der Waals surface area (Å²) in [6.45, 7) is 4.20. The van der Waals surface area contributed by atoms with E-state index in [0.29, 0.717) is 18.7 Å². The molecular weight excluding hydrogens is 350 g/mol. The van der Waals surface area contributed by atoms with Crippen LogP contribution in [0.1, 0.15) is 10.4 Å². The molecule has 136 valence electrons. The molecule has 0 unspecified atom stereocenters. The number of non-ortho nitro benzene ring substituents is 1. The number of thiophene rings is 1. The number of piperazine rings is 1. The molecule has 26 heavy (non-hydrogen) atoms. The summed E-state index contributed by atoms with van der Waals surface area (Å²) in [5.74, 6) is -0.0468. The van der Waals surface area contributed by atoms with Crippen LogP contribution in [0, 0.1) is 10.1 Å². The van der Waals surface area contributed by atoms with Crippen LogP contribution in [0.5, 0.6) is 0 Å². The number of nitro groups is 1. The summed E-state index contributed by atoms with van der Waals surface area (Å²) >= 11 is 1.78. The minimum absolute atomic E-state index is 0.0268. The molecule has 0 saturated carbocycles. The van der Waals surface area contributed by atoms with Gasteiger partial charge < -0.3 is 4.90 Å². The van der Waals surface area contributed by atoms with Crippen LogP contribution in [0.2, 0.25) is 0 Å². The molecule has 2 aromatic rings. The van der Waals surface area contributed by atoms with Crippen LogP contribution in [0.3, 0.4) is 0 Å². The first-order valence-corrected chi connectivity index (χ1v) is 9.46. The molecule has 1 aromatic heterocycles. The van der Waals surface area contributed by atoms with E-state index in [4.69, 9.17) is 0 Å². The number of rotatable bonds is 6. The highest BCUT2D eigenvalue weighted by Crippen LogP contribution is 2.15. The highest BCUT2D eigenvalue weighted by molar-refractivity contribution is 7.09. The Morgan fingerprint density at radius 3 is 2.69 bits per heavy atom. The van der Waals surface area contributed by atoms with Gasteiger partial charge in [-0.25, -0.2) is 0 Å². The molecule has 1 fully saturated rings. The summed E-state index contributed by atoms with van der Waals surface area (Å²) in [5.41, 5.74) is 0.682. The van der Waals surface area contributed by atoms with E-state index in [1.165, 1.54) is 23.1 Å². The Bertz CT molecular complexity index is 781. The lowest BCUT2D eigenvalue weighted by atomic mass is 10.2. The van der Waals surface area contributed by atoms with Gasteiger partial charge >= 0.3 is 0 Å². The number of hydrogen-bond donors (Lipinski definition) is 0. The predicted octanol–water partition coefficient (Wildman–Crippen LogP) is 3.06. The average Bonchev–Trinajstić information content (AvgIpc) is 3.19. The number of carbonyl (C=O) groups is 1. The molecule has 0 bridgehead atoms. The highest BCUT2D eigenvalue weighted by atomic mass is 32.1. The van der Waals surface area contributed by atoms with E-state index in [9.17, 15) is 14.9 Å². The van der Waals surface area contributed by atoms with Gasteiger partial charge in [-0.15, -0.1) is 11.3 Å². The summed E-state index contributed by atoms with van der Waals surface area (Å²) < 4.78 is 0. The van der Waals surface area contributed by atoms with Crippen LogP contribution in [0.25, 0.3) is 6.08 Å². The van der Waals surface area contributed by atoms with Gasteiger partial charge in [-0.3, -0.25) is 19.8 Å². The van der Waals surface area contributed by atoms with Crippen LogP contribution in [-0.2, 0) is 11.2 Å². The van der Waals surface area contributed by atoms with Crippen molar-refractivity contribution in [1.29, 1.82) is 0 Å². The number of nitrogens with zero attached hydrogens (tertiary/aromatic N) is 3. The van der Waals surface area contributed by atoms with Gasteiger partial charge in [-0.05, 0) is 29.5 Å². The van der Waals surface area contributed by atoms with Gasteiger partial charge in [0, 0.05) is 55.8 Å². The molecule has 0 N–H and O–H groups in total. The Kier molecular flexibility index (Phi) is 6.14. The minimum Gasteiger partial charge on any atom is -0.337 e. The second-order valence-electron chi connectivity index (χ2n) is 6.18. The summed E-state index contributed by atoms with van der Waals surface area (Å²) in [5, 5.41) is 12.9. The second-order valence-corrected chi connectivity index (χ2v) is 7.21. The maximum atomic E-state index is 12.3. The van der Waals surface area contributed by atoms with E-state index in [1.54, 1.807) is 29.5 Å². The third kappa shape index (κ3) is 5.00. The molecule has 0 spiro atoms. The Hall–Kier alpha value is -2.51. The van der Waals surface area contributed by atoms with E-state index in [0.717, 1.165) is 26.1 Å². The molecule has 0 atom stereocenters. The summed E-state index contributed by atoms with van der Waals surface area (Å²) in [6.07, 6.45) is 4.19. The smallest absolute Gasteiger partial charge is 0.270 e. The first kappa shape index (κ1) is 18.3. The van der Waals surface area contributed by atoms with Crippen LogP contribution in [0.4, 0.5) is 5.69 Å². The number of amides is 1. The summed E-state index contributed by atoms with van der Waals surface area (Å²) in [6, 6.07) is 10.5. The molecular formula is C19H21N3O3S. The van der Waals surface area contributed by atoms with Crippen molar-refractivity contribution in [3.8, 4) is 0 Å². The number of carbonyl (C=O) groups excluding carboxylic acids is 1. The number of hydrogen-bond acceptors (Lipinski definition) is 5. The molecule has 1 amide bonds. The largest absolute Gasteiger partial charge is 0.337 e. The zero-order valence-corrected chi connectivity index (χ0v) is 15.2. The molecule has 6 nitrogen and oxygen atoms in total. The molecule has 7 heteroatoms. The first-order chi connectivity index (χ1) is 12.6.